The van der Waals surface area contributed by atoms with Crippen LogP contribution >= 0.6 is 0 Å². The van der Waals surface area contributed by atoms with Crippen molar-refractivity contribution in [3.05, 3.63) is 52.6 Å². The minimum Gasteiger partial charge on any atom is -0.454 e. The largest absolute Gasteiger partial charge is 0.454 e. The van der Waals surface area contributed by atoms with Crippen LogP contribution in [-0.2, 0) is 0 Å². The zero-order chi connectivity index (χ0) is 13.2. The first kappa shape index (κ1) is 11.3. The molecule has 0 N–H and O–H groups in total. The maximum absolute atomic E-state index is 10.9. The van der Waals surface area contributed by atoms with E-state index in [-0.39, 0.29) is 18.2 Å². The lowest BCUT2D eigenvalue weighted by molar-refractivity contribution is -0.385. The molecule has 2 aromatic carbocycles. The average Bonchev–Trinajstić information content (AvgIpc) is 2.86. The fourth-order valence-electron chi connectivity index (χ4n) is 1.76. The summed E-state index contributed by atoms with van der Waals surface area (Å²) in [4.78, 5) is 10.4. The molecule has 0 spiro atoms. The van der Waals surface area contributed by atoms with Gasteiger partial charge in [0.15, 0.2) is 11.5 Å². The molecule has 0 bridgehead atoms. The molecule has 96 valence electrons. The van der Waals surface area contributed by atoms with Crippen LogP contribution in [0.15, 0.2) is 42.5 Å². The summed E-state index contributed by atoms with van der Waals surface area (Å²) in [7, 11) is 0. The SMILES string of the molecule is O=[N+]([O-])c1ccccc1Oc1ccc2c(c1)OCO2. The lowest BCUT2D eigenvalue weighted by Gasteiger charge is -2.06. The summed E-state index contributed by atoms with van der Waals surface area (Å²) in [6, 6.07) is 11.2. The summed E-state index contributed by atoms with van der Waals surface area (Å²) < 4.78 is 15.9. The summed E-state index contributed by atoms with van der Waals surface area (Å²) in [5.74, 6) is 1.84. The van der Waals surface area contributed by atoms with Gasteiger partial charge >= 0.3 is 5.69 Å². The Balaban J connectivity index is 1.91. The highest BCUT2D eigenvalue weighted by Gasteiger charge is 2.17. The van der Waals surface area contributed by atoms with Crippen LogP contribution in [0.5, 0.6) is 23.0 Å². The van der Waals surface area contributed by atoms with Gasteiger partial charge in [0.05, 0.1) is 4.92 Å². The van der Waals surface area contributed by atoms with E-state index in [1.165, 1.54) is 6.07 Å². The van der Waals surface area contributed by atoms with Crippen LogP contribution in [0.25, 0.3) is 0 Å². The van der Waals surface area contributed by atoms with E-state index in [4.69, 9.17) is 14.2 Å². The van der Waals surface area contributed by atoms with Crippen molar-refractivity contribution in [1.29, 1.82) is 0 Å². The van der Waals surface area contributed by atoms with E-state index in [9.17, 15) is 10.1 Å². The van der Waals surface area contributed by atoms with Crippen molar-refractivity contribution in [2.24, 2.45) is 0 Å². The number of fused-ring (bicyclic) bond motifs is 1. The monoisotopic (exact) mass is 259 g/mol. The number of nitrogens with zero attached hydrogens (tertiary/aromatic N) is 1. The van der Waals surface area contributed by atoms with Crippen LogP contribution in [0, 0.1) is 10.1 Å². The first-order chi connectivity index (χ1) is 9.24. The minimum atomic E-state index is -0.484. The number of benzene rings is 2. The Morgan fingerprint density at radius 2 is 1.89 bits per heavy atom. The molecule has 1 heterocycles. The number of hydrogen-bond acceptors (Lipinski definition) is 5. The predicted octanol–water partition coefficient (Wildman–Crippen LogP) is 3.12. The lowest BCUT2D eigenvalue weighted by atomic mass is 10.3. The fourth-order valence-corrected chi connectivity index (χ4v) is 1.76. The second-order valence-corrected chi connectivity index (χ2v) is 3.84. The molecule has 6 nitrogen and oxygen atoms in total. The van der Waals surface area contributed by atoms with Gasteiger partial charge < -0.3 is 14.2 Å². The van der Waals surface area contributed by atoms with Gasteiger partial charge in [0.2, 0.25) is 12.5 Å². The first-order valence-corrected chi connectivity index (χ1v) is 5.55. The van der Waals surface area contributed by atoms with E-state index in [0.717, 1.165) is 0 Å². The Bertz CT molecular complexity index is 641. The minimum absolute atomic E-state index is 0.0832. The molecule has 0 atom stereocenters. The van der Waals surface area contributed by atoms with Crippen molar-refractivity contribution in [3.63, 3.8) is 0 Å². The average molecular weight is 259 g/mol. The molecule has 3 rings (SSSR count). The topological polar surface area (TPSA) is 70.8 Å². The molecule has 19 heavy (non-hydrogen) atoms. The highest BCUT2D eigenvalue weighted by molar-refractivity contribution is 5.51. The molecule has 0 aromatic heterocycles. The third-order valence-electron chi connectivity index (χ3n) is 2.63. The zero-order valence-electron chi connectivity index (χ0n) is 9.74. The number of ether oxygens (including phenoxy) is 3. The standard InChI is InChI=1S/C13H9NO5/c15-14(16)10-3-1-2-4-11(10)19-9-5-6-12-13(7-9)18-8-17-12/h1-7H,8H2. The molecule has 1 aliphatic heterocycles. The van der Waals surface area contributed by atoms with Gasteiger partial charge in [-0.25, -0.2) is 0 Å². The van der Waals surface area contributed by atoms with Gasteiger partial charge in [-0.05, 0) is 18.2 Å². The van der Waals surface area contributed by atoms with Crippen molar-refractivity contribution >= 4 is 5.69 Å². The summed E-state index contributed by atoms with van der Waals surface area (Å²) in [5.41, 5.74) is -0.0832. The molecule has 2 aromatic rings. The second-order valence-electron chi connectivity index (χ2n) is 3.84. The highest BCUT2D eigenvalue weighted by Crippen LogP contribution is 2.38. The van der Waals surface area contributed by atoms with Crippen molar-refractivity contribution in [2.75, 3.05) is 6.79 Å². The number of para-hydroxylation sites is 2. The molecule has 1 aliphatic rings. The molecule has 0 radical (unpaired) electrons. The second kappa shape index (κ2) is 4.49. The van der Waals surface area contributed by atoms with E-state index in [2.05, 4.69) is 0 Å². The predicted molar refractivity (Wildman–Crippen MR) is 65.7 cm³/mol. The van der Waals surface area contributed by atoms with Crippen molar-refractivity contribution in [3.8, 4) is 23.0 Å². The van der Waals surface area contributed by atoms with Crippen LogP contribution in [0.1, 0.15) is 0 Å². The molecule has 0 saturated carbocycles. The van der Waals surface area contributed by atoms with E-state index < -0.39 is 4.92 Å². The summed E-state index contributed by atoms with van der Waals surface area (Å²) in [6.45, 7) is 0.171. The molecule has 0 saturated heterocycles. The van der Waals surface area contributed by atoms with Gasteiger partial charge in [-0.2, -0.15) is 0 Å². The zero-order valence-corrected chi connectivity index (χ0v) is 9.74. The Hall–Kier alpha value is -2.76. The van der Waals surface area contributed by atoms with Crippen LogP contribution in [0.4, 0.5) is 5.69 Å². The summed E-state index contributed by atoms with van der Waals surface area (Å²) in [5, 5.41) is 10.9. The van der Waals surface area contributed by atoms with Crippen molar-refractivity contribution in [1.82, 2.24) is 0 Å². The summed E-state index contributed by atoms with van der Waals surface area (Å²) >= 11 is 0. The number of nitro groups is 1. The fraction of sp³-hybridized carbons (Fsp3) is 0.0769. The van der Waals surface area contributed by atoms with Crippen LogP contribution in [0.3, 0.4) is 0 Å². The van der Waals surface area contributed by atoms with E-state index >= 15 is 0 Å². The smallest absolute Gasteiger partial charge is 0.311 e. The van der Waals surface area contributed by atoms with E-state index in [1.807, 2.05) is 0 Å². The van der Waals surface area contributed by atoms with Crippen LogP contribution in [0.2, 0.25) is 0 Å². The Morgan fingerprint density at radius 1 is 1.11 bits per heavy atom. The Morgan fingerprint density at radius 3 is 2.74 bits per heavy atom. The quantitative estimate of drug-likeness (QED) is 0.625. The van der Waals surface area contributed by atoms with Gasteiger partial charge in [0.1, 0.15) is 5.75 Å². The van der Waals surface area contributed by atoms with Crippen LogP contribution < -0.4 is 14.2 Å². The Kier molecular flexibility index (Phi) is 2.68. The molecular weight excluding hydrogens is 250 g/mol. The molecular formula is C13H9NO5. The molecule has 0 unspecified atom stereocenters. The van der Waals surface area contributed by atoms with Gasteiger partial charge in [-0.1, -0.05) is 12.1 Å². The van der Waals surface area contributed by atoms with Crippen molar-refractivity contribution < 1.29 is 19.1 Å². The number of nitro benzene ring substituents is 1. The molecule has 6 heteroatoms. The first-order valence-electron chi connectivity index (χ1n) is 5.55. The maximum atomic E-state index is 10.9. The van der Waals surface area contributed by atoms with Gasteiger partial charge in [0, 0.05) is 12.1 Å². The van der Waals surface area contributed by atoms with Gasteiger partial charge in [0.25, 0.3) is 0 Å². The summed E-state index contributed by atoms with van der Waals surface area (Å²) in [6.07, 6.45) is 0. The van der Waals surface area contributed by atoms with Crippen molar-refractivity contribution in [2.45, 2.75) is 0 Å². The third-order valence-corrected chi connectivity index (χ3v) is 2.63. The van der Waals surface area contributed by atoms with Gasteiger partial charge in [-0.15, -0.1) is 0 Å². The lowest BCUT2D eigenvalue weighted by Crippen LogP contribution is -1.93. The number of rotatable bonds is 3. The molecule has 0 amide bonds. The molecule has 0 fully saturated rings. The van der Waals surface area contributed by atoms with Crippen LogP contribution in [-0.4, -0.2) is 11.7 Å². The van der Waals surface area contributed by atoms with E-state index in [0.29, 0.717) is 17.2 Å². The Labute approximate surface area is 108 Å². The highest BCUT2D eigenvalue weighted by atomic mass is 16.7. The third kappa shape index (κ3) is 2.15. The van der Waals surface area contributed by atoms with Gasteiger partial charge in [-0.3, -0.25) is 10.1 Å². The number of hydrogen-bond donors (Lipinski definition) is 0. The maximum Gasteiger partial charge on any atom is 0.311 e. The molecule has 0 aliphatic carbocycles. The van der Waals surface area contributed by atoms with E-state index in [1.54, 1.807) is 36.4 Å². The normalized spacial score (nSPS) is 12.2.